The third kappa shape index (κ3) is 7.89. The van der Waals surface area contributed by atoms with Crippen molar-refractivity contribution in [3.05, 3.63) is 41.4 Å². The summed E-state index contributed by atoms with van der Waals surface area (Å²) in [6.07, 6.45) is 8.64. The van der Waals surface area contributed by atoms with Gasteiger partial charge in [-0.05, 0) is 64.5 Å². The molecule has 200 valence electrons. The molecule has 0 aliphatic carbocycles. The van der Waals surface area contributed by atoms with Crippen LogP contribution in [-0.4, -0.2) is 65.2 Å². The fourth-order valence-corrected chi connectivity index (χ4v) is 4.96. The lowest BCUT2D eigenvalue weighted by molar-refractivity contribution is -0.123. The first-order valence-corrected chi connectivity index (χ1v) is 13.5. The minimum atomic E-state index is -0.565. The first-order chi connectivity index (χ1) is 17.7. The zero-order chi connectivity index (χ0) is 26.4. The van der Waals surface area contributed by atoms with Gasteiger partial charge in [0.2, 0.25) is 0 Å². The van der Waals surface area contributed by atoms with E-state index in [4.69, 9.17) is 21.1 Å². The summed E-state index contributed by atoms with van der Waals surface area (Å²) >= 11 is 6.51. The molecular formula is C28H37ClN4O4. The van der Waals surface area contributed by atoms with Gasteiger partial charge in [-0.2, -0.15) is 0 Å². The molecule has 4 rings (SSSR count). The lowest BCUT2D eigenvalue weighted by Gasteiger charge is -2.33. The average Bonchev–Trinajstić information content (AvgIpc) is 2.88. The van der Waals surface area contributed by atoms with Gasteiger partial charge in [0.1, 0.15) is 11.4 Å². The highest BCUT2D eigenvalue weighted by atomic mass is 35.5. The molecule has 8 nitrogen and oxygen atoms in total. The number of nitrogens with one attached hydrogen (secondary N) is 1. The molecule has 1 amide bonds. The monoisotopic (exact) mass is 528 g/mol. The maximum Gasteiger partial charge on any atom is 0.410 e. The number of carbonyl (C=O) groups is 2. The number of halogens is 1. The van der Waals surface area contributed by atoms with Gasteiger partial charge < -0.3 is 19.7 Å². The lowest BCUT2D eigenvalue weighted by atomic mass is 9.91. The third-order valence-electron chi connectivity index (χ3n) is 6.78. The van der Waals surface area contributed by atoms with Gasteiger partial charge in [0.05, 0.1) is 10.7 Å². The van der Waals surface area contributed by atoms with Gasteiger partial charge in [0.25, 0.3) is 0 Å². The Labute approximate surface area is 224 Å². The molecule has 0 unspecified atom stereocenters. The molecule has 37 heavy (non-hydrogen) atoms. The number of carbonyl (C=O) groups excluding carboxylic acids is 2. The van der Waals surface area contributed by atoms with E-state index < -0.39 is 5.60 Å². The number of ether oxygens (including phenoxy) is 2. The summed E-state index contributed by atoms with van der Waals surface area (Å²) in [6, 6.07) is 3.90. The highest BCUT2D eigenvalue weighted by molar-refractivity contribution is 6.33. The molecule has 4 heterocycles. The molecule has 0 radical (unpaired) electrons. The molecule has 0 bridgehead atoms. The van der Waals surface area contributed by atoms with E-state index in [1.165, 1.54) is 0 Å². The summed E-state index contributed by atoms with van der Waals surface area (Å²) in [7, 11) is 0. The van der Waals surface area contributed by atoms with E-state index in [0.717, 1.165) is 62.3 Å². The number of pyridine rings is 2. The second-order valence-electron chi connectivity index (χ2n) is 11.0. The molecular weight excluding hydrogens is 492 g/mol. The highest BCUT2D eigenvalue weighted by Crippen LogP contribution is 2.30. The van der Waals surface area contributed by atoms with E-state index in [1.807, 2.05) is 39.1 Å². The molecule has 1 N–H and O–H groups in total. The van der Waals surface area contributed by atoms with Gasteiger partial charge in [-0.25, -0.2) is 4.79 Å². The first-order valence-electron chi connectivity index (χ1n) is 13.1. The average molecular weight is 529 g/mol. The maximum absolute atomic E-state index is 13.2. The molecule has 0 aromatic carbocycles. The van der Waals surface area contributed by atoms with Crippen molar-refractivity contribution in [1.82, 2.24) is 14.9 Å². The summed E-state index contributed by atoms with van der Waals surface area (Å²) in [5.74, 6) is 0.422. The van der Waals surface area contributed by atoms with Gasteiger partial charge in [-0.15, -0.1) is 0 Å². The Morgan fingerprint density at radius 3 is 2.70 bits per heavy atom. The fourth-order valence-electron chi connectivity index (χ4n) is 4.75. The van der Waals surface area contributed by atoms with Crippen LogP contribution in [-0.2, 0) is 20.7 Å². The lowest BCUT2D eigenvalue weighted by Crippen LogP contribution is -2.44. The minimum Gasteiger partial charge on any atom is -0.444 e. The number of nitrogens with zero attached hydrogens (tertiary/aromatic N) is 3. The van der Waals surface area contributed by atoms with E-state index in [1.54, 1.807) is 17.3 Å². The van der Waals surface area contributed by atoms with Crippen molar-refractivity contribution in [3.8, 4) is 11.1 Å². The molecule has 0 saturated carbocycles. The third-order valence-corrected chi connectivity index (χ3v) is 7.08. The fraction of sp³-hybridized carbons (Fsp3) is 0.571. The topological polar surface area (TPSA) is 93.7 Å². The van der Waals surface area contributed by atoms with Gasteiger partial charge >= 0.3 is 6.09 Å². The van der Waals surface area contributed by atoms with Crippen LogP contribution in [0.25, 0.3) is 11.1 Å². The zero-order valence-corrected chi connectivity index (χ0v) is 22.7. The largest absolute Gasteiger partial charge is 0.444 e. The SMILES string of the molecule is CC(C)(C)OC(=O)N1CCC[C@@H](C(=O)Cc2cc(-c3cncc(NCC4CCOCC4)c3)c(Cl)cn2)C1. The number of amides is 1. The van der Waals surface area contributed by atoms with Gasteiger partial charge in [-0.1, -0.05) is 11.6 Å². The normalized spacial score (nSPS) is 18.9. The Balaban J connectivity index is 1.40. The molecule has 0 spiro atoms. The van der Waals surface area contributed by atoms with E-state index in [-0.39, 0.29) is 24.2 Å². The summed E-state index contributed by atoms with van der Waals surface area (Å²) in [4.78, 5) is 36.1. The van der Waals surface area contributed by atoms with Crippen LogP contribution in [0, 0.1) is 11.8 Å². The molecule has 2 aromatic heterocycles. The standard InChI is InChI=1S/C28H37ClN4O4/c1-28(2,3)37-27(35)33-8-4-5-20(18-33)26(34)13-22-12-24(25(29)17-32-22)21-11-23(16-30-15-21)31-14-19-6-9-36-10-7-19/h11-12,15-17,19-20,31H,4-10,13-14,18H2,1-3H3/t20-/m1/s1. The van der Waals surface area contributed by atoms with Gasteiger partial charge in [0.15, 0.2) is 0 Å². The molecule has 2 fully saturated rings. The predicted molar refractivity (Wildman–Crippen MR) is 144 cm³/mol. The van der Waals surface area contributed by atoms with E-state index >= 15 is 0 Å². The molecule has 2 saturated heterocycles. The van der Waals surface area contributed by atoms with Crippen molar-refractivity contribution in [2.45, 2.75) is 58.5 Å². The number of hydrogen-bond acceptors (Lipinski definition) is 7. The summed E-state index contributed by atoms with van der Waals surface area (Å²) in [6.45, 7) is 9.02. The summed E-state index contributed by atoms with van der Waals surface area (Å²) in [5.41, 5.74) is 2.68. The number of aromatic nitrogens is 2. The molecule has 2 aliphatic rings. The van der Waals surface area contributed by atoms with Crippen LogP contribution in [0.3, 0.4) is 0 Å². The second kappa shape index (κ2) is 12.2. The van der Waals surface area contributed by atoms with Crippen LogP contribution >= 0.6 is 11.6 Å². The van der Waals surface area contributed by atoms with Crippen LogP contribution in [0.15, 0.2) is 30.7 Å². The number of Topliss-reactive ketones (excluding diaryl/α,β-unsaturated/α-hetero) is 1. The number of ketones is 1. The van der Waals surface area contributed by atoms with Crippen LogP contribution in [0.4, 0.5) is 10.5 Å². The van der Waals surface area contributed by atoms with Crippen molar-refractivity contribution in [2.75, 3.05) is 38.2 Å². The van der Waals surface area contributed by atoms with Gasteiger partial charge in [-0.3, -0.25) is 14.8 Å². The smallest absolute Gasteiger partial charge is 0.410 e. The van der Waals surface area contributed by atoms with E-state index in [2.05, 4.69) is 15.3 Å². The van der Waals surface area contributed by atoms with Crippen molar-refractivity contribution < 1.29 is 19.1 Å². The second-order valence-corrected chi connectivity index (χ2v) is 11.4. The summed E-state index contributed by atoms with van der Waals surface area (Å²) < 4.78 is 10.9. The summed E-state index contributed by atoms with van der Waals surface area (Å²) in [5, 5.41) is 4.00. The molecule has 9 heteroatoms. The Kier molecular flexibility index (Phi) is 9.03. The quantitative estimate of drug-likeness (QED) is 0.514. The first kappa shape index (κ1) is 27.3. The van der Waals surface area contributed by atoms with Crippen LogP contribution in [0.1, 0.15) is 52.1 Å². The molecule has 2 aromatic rings. The number of rotatable bonds is 7. The maximum atomic E-state index is 13.2. The van der Waals surface area contributed by atoms with Crippen LogP contribution in [0.5, 0.6) is 0 Å². The Morgan fingerprint density at radius 1 is 1.16 bits per heavy atom. The van der Waals surface area contributed by atoms with E-state index in [9.17, 15) is 9.59 Å². The predicted octanol–water partition coefficient (Wildman–Crippen LogP) is 5.39. The number of likely N-dealkylation sites (tertiary alicyclic amines) is 1. The van der Waals surface area contributed by atoms with Crippen LogP contribution in [0.2, 0.25) is 5.02 Å². The van der Waals surface area contributed by atoms with Crippen LogP contribution < -0.4 is 5.32 Å². The molecule has 1 atom stereocenters. The number of hydrogen-bond donors (Lipinski definition) is 1. The van der Waals surface area contributed by atoms with Gasteiger partial charge in [0, 0.05) is 80.6 Å². The Hall–Kier alpha value is -2.71. The minimum absolute atomic E-state index is 0.0686. The van der Waals surface area contributed by atoms with Crippen molar-refractivity contribution in [2.24, 2.45) is 11.8 Å². The molecule has 2 aliphatic heterocycles. The Bertz CT molecular complexity index is 1100. The van der Waals surface area contributed by atoms with Crippen molar-refractivity contribution in [3.63, 3.8) is 0 Å². The Morgan fingerprint density at radius 2 is 1.95 bits per heavy atom. The zero-order valence-electron chi connectivity index (χ0n) is 22.0. The number of piperidine rings is 1. The number of anilines is 1. The van der Waals surface area contributed by atoms with E-state index in [0.29, 0.717) is 29.7 Å². The van der Waals surface area contributed by atoms with Crippen molar-refractivity contribution in [1.29, 1.82) is 0 Å². The highest BCUT2D eigenvalue weighted by Gasteiger charge is 2.31. The van der Waals surface area contributed by atoms with Crippen molar-refractivity contribution >= 4 is 29.2 Å².